The highest BCUT2D eigenvalue weighted by Crippen LogP contribution is 2.22. The average molecular weight is 234 g/mol. The van der Waals surface area contributed by atoms with Gasteiger partial charge in [0.15, 0.2) is 0 Å². The lowest BCUT2D eigenvalue weighted by Gasteiger charge is -2.25. The number of ether oxygens (including phenoxy) is 1. The molecule has 0 aliphatic carbocycles. The summed E-state index contributed by atoms with van der Waals surface area (Å²) in [6, 6.07) is 9.25. The number of rotatable bonds is 4. The Labute approximate surface area is 104 Å². The fourth-order valence-corrected chi connectivity index (χ4v) is 2.23. The fourth-order valence-electron chi connectivity index (χ4n) is 2.23. The molecule has 2 N–H and O–H groups in total. The lowest BCUT2D eigenvalue weighted by molar-refractivity contribution is 0.193. The number of nitrogens with two attached hydrogens (primary N) is 1. The van der Waals surface area contributed by atoms with Crippen LogP contribution in [-0.4, -0.2) is 26.3 Å². The van der Waals surface area contributed by atoms with E-state index >= 15 is 0 Å². The van der Waals surface area contributed by atoms with E-state index in [-0.39, 0.29) is 6.04 Å². The predicted octanol–water partition coefficient (Wildman–Crippen LogP) is 2.32. The first-order valence-corrected chi connectivity index (χ1v) is 6.38. The van der Waals surface area contributed by atoms with Crippen LogP contribution in [0.25, 0.3) is 0 Å². The van der Waals surface area contributed by atoms with Crippen LogP contribution in [0, 0.1) is 0 Å². The van der Waals surface area contributed by atoms with Gasteiger partial charge in [0.2, 0.25) is 0 Å². The summed E-state index contributed by atoms with van der Waals surface area (Å²) in [4.78, 5) is 2.30. The van der Waals surface area contributed by atoms with Gasteiger partial charge in [0.05, 0.1) is 12.6 Å². The third kappa shape index (κ3) is 2.79. The highest BCUT2D eigenvalue weighted by molar-refractivity contribution is 5.48. The Morgan fingerprint density at radius 3 is 2.65 bits per heavy atom. The Morgan fingerprint density at radius 2 is 2.12 bits per heavy atom. The quantitative estimate of drug-likeness (QED) is 0.869. The zero-order chi connectivity index (χ0) is 12.3. The van der Waals surface area contributed by atoms with E-state index in [2.05, 4.69) is 43.1 Å². The smallest absolute Gasteiger partial charge is 0.0670 e. The van der Waals surface area contributed by atoms with Crippen LogP contribution in [0.2, 0.25) is 0 Å². The second-order valence-electron chi connectivity index (χ2n) is 4.73. The van der Waals surface area contributed by atoms with E-state index in [0.717, 1.165) is 26.1 Å². The first kappa shape index (κ1) is 12.4. The van der Waals surface area contributed by atoms with E-state index in [4.69, 9.17) is 10.5 Å². The minimum absolute atomic E-state index is 0.157. The Kier molecular flexibility index (Phi) is 4.02. The molecule has 94 valence electrons. The van der Waals surface area contributed by atoms with Crippen molar-refractivity contribution in [1.82, 2.24) is 0 Å². The molecule has 3 nitrogen and oxygen atoms in total. The van der Waals surface area contributed by atoms with Gasteiger partial charge in [0.25, 0.3) is 0 Å². The number of likely N-dealkylation sites (N-methyl/N-ethyl adjacent to an activating group) is 1. The van der Waals surface area contributed by atoms with Crippen LogP contribution < -0.4 is 10.6 Å². The summed E-state index contributed by atoms with van der Waals surface area (Å²) in [5.41, 5.74) is 8.47. The molecule has 1 aromatic rings. The van der Waals surface area contributed by atoms with Gasteiger partial charge < -0.3 is 15.4 Å². The molecular formula is C14H22N2O. The lowest BCUT2D eigenvalue weighted by atomic mass is 10.0. The van der Waals surface area contributed by atoms with Gasteiger partial charge in [-0.25, -0.2) is 0 Å². The third-order valence-corrected chi connectivity index (χ3v) is 3.62. The van der Waals surface area contributed by atoms with Crippen LogP contribution in [0.1, 0.15) is 31.4 Å². The van der Waals surface area contributed by atoms with E-state index in [1.807, 2.05) is 0 Å². The molecule has 0 saturated carbocycles. The van der Waals surface area contributed by atoms with E-state index in [0.29, 0.717) is 6.04 Å². The molecule has 1 fully saturated rings. The van der Waals surface area contributed by atoms with Crippen molar-refractivity contribution in [2.24, 2.45) is 5.73 Å². The maximum atomic E-state index is 6.01. The first-order chi connectivity index (χ1) is 8.22. The van der Waals surface area contributed by atoms with Gasteiger partial charge in [-0.05, 0) is 30.5 Å². The summed E-state index contributed by atoms with van der Waals surface area (Å²) in [5.74, 6) is 0. The summed E-state index contributed by atoms with van der Waals surface area (Å²) < 4.78 is 5.42. The number of hydrogen-bond acceptors (Lipinski definition) is 3. The zero-order valence-electron chi connectivity index (χ0n) is 10.7. The van der Waals surface area contributed by atoms with E-state index in [1.165, 1.54) is 11.3 Å². The van der Waals surface area contributed by atoms with Crippen molar-refractivity contribution in [2.45, 2.75) is 31.8 Å². The molecule has 1 saturated heterocycles. The van der Waals surface area contributed by atoms with Crippen LogP contribution >= 0.6 is 0 Å². The van der Waals surface area contributed by atoms with Crippen LogP contribution in [0.3, 0.4) is 0 Å². The van der Waals surface area contributed by atoms with Crippen molar-refractivity contribution in [3.8, 4) is 0 Å². The van der Waals surface area contributed by atoms with E-state index < -0.39 is 0 Å². The van der Waals surface area contributed by atoms with Crippen molar-refractivity contribution in [3.63, 3.8) is 0 Å². The summed E-state index contributed by atoms with van der Waals surface area (Å²) in [7, 11) is 2.13. The molecule has 0 radical (unpaired) electrons. The SMILES string of the molecule is CCC(N)c1ccc(N(C)C2CCOC2)cc1. The molecule has 0 amide bonds. The number of benzene rings is 1. The number of anilines is 1. The normalized spacial score (nSPS) is 21.5. The first-order valence-electron chi connectivity index (χ1n) is 6.38. The molecule has 2 rings (SSSR count). The monoisotopic (exact) mass is 234 g/mol. The van der Waals surface area contributed by atoms with E-state index in [1.54, 1.807) is 0 Å². The summed E-state index contributed by atoms with van der Waals surface area (Å²) in [6.07, 6.45) is 2.10. The van der Waals surface area contributed by atoms with E-state index in [9.17, 15) is 0 Å². The Hall–Kier alpha value is -1.06. The number of hydrogen-bond donors (Lipinski definition) is 1. The van der Waals surface area contributed by atoms with Crippen LogP contribution in [-0.2, 0) is 4.74 Å². The van der Waals surface area contributed by atoms with Gasteiger partial charge in [0, 0.05) is 25.4 Å². The zero-order valence-corrected chi connectivity index (χ0v) is 10.7. The van der Waals surface area contributed by atoms with Gasteiger partial charge >= 0.3 is 0 Å². The van der Waals surface area contributed by atoms with Crippen molar-refractivity contribution in [1.29, 1.82) is 0 Å². The fraction of sp³-hybridized carbons (Fsp3) is 0.571. The van der Waals surface area contributed by atoms with Crippen molar-refractivity contribution < 1.29 is 4.74 Å². The highest BCUT2D eigenvalue weighted by atomic mass is 16.5. The molecular weight excluding hydrogens is 212 g/mol. The van der Waals surface area contributed by atoms with Gasteiger partial charge in [-0.3, -0.25) is 0 Å². The molecule has 2 unspecified atom stereocenters. The van der Waals surface area contributed by atoms with Crippen molar-refractivity contribution >= 4 is 5.69 Å². The van der Waals surface area contributed by atoms with Crippen molar-refractivity contribution in [3.05, 3.63) is 29.8 Å². The average Bonchev–Trinajstić information content (AvgIpc) is 2.91. The Morgan fingerprint density at radius 1 is 1.41 bits per heavy atom. The summed E-state index contributed by atoms with van der Waals surface area (Å²) in [6.45, 7) is 3.83. The molecule has 1 heterocycles. The maximum Gasteiger partial charge on any atom is 0.0670 e. The van der Waals surface area contributed by atoms with Gasteiger partial charge in [-0.2, -0.15) is 0 Å². The highest BCUT2D eigenvalue weighted by Gasteiger charge is 2.20. The Bertz CT molecular complexity index is 344. The second-order valence-corrected chi connectivity index (χ2v) is 4.73. The molecule has 1 aliphatic heterocycles. The van der Waals surface area contributed by atoms with Crippen molar-refractivity contribution in [2.75, 3.05) is 25.2 Å². The molecule has 2 atom stereocenters. The Balaban J connectivity index is 2.06. The predicted molar refractivity (Wildman–Crippen MR) is 71.3 cm³/mol. The molecule has 3 heteroatoms. The molecule has 1 aliphatic rings. The minimum atomic E-state index is 0.157. The summed E-state index contributed by atoms with van der Waals surface area (Å²) in [5, 5.41) is 0. The van der Waals surface area contributed by atoms with Gasteiger partial charge in [0.1, 0.15) is 0 Å². The second kappa shape index (κ2) is 5.52. The molecule has 0 aromatic heterocycles. The van der Waals surface area contributed by atoms with Gasteiger partial charge in [-0.15, -0.1) is 0 Å². The third-order valence-electron chi connectivity index (χ3n) is 3.62. The molecule has 0 bridgehead atoms. The van der Waals surface area contributed by atoms with Crippen LogP contribution in [0.15, 0.2) is 24.3 Å². The summed E-state index contributed by atoms with van der Waals surface area (Å²) >= 11 is 0. The molecule has 17 heavy (non-hydrogen) atoms. The standard InChI is InChI=1S/C14H22N2O/c1-3-14(15)11-4-6-12(7-5-11)16(2)13-8-9-17-10-13/h4-7,13-14H,3,8-10,15H2,1-2H3. The number of nitrogens with zero attached hydrogens (tertiary/aromatic N) is 1. The molecule has 0 spiro atoms. The maximum absolute atomic E-state index is 6.01. The minimum Gasteiger partial charge on any atom is -0.379 e. The largest absolute Gasteiger partial charge is 0.379 e. The topological polar surface area (TPSA) is 38.5 Å². The molecule has 1 aromatic carbocycles. The lowest BCUT2D eigenvalue weighted by Crippen LogP contribution is -2.31. The van der Waals surface area contributed by atoms with Gasteiger partial charge in [-0.1, -0.05) is 19.1 Å². The van der Waals surface area contributed by atoms with Crippen LogP contribution in [0.4, 0.5) is 5.69 Å². The van der Waals surface area contributed by atoms with Crippen LogP contribution in [0.5, 0.6) is 0 Å².